The van der Waals surface area contributed by atoms with Gasteiger partial charge in [-0.15, -0.1) is 22.7 Å². The van der Waals surface area contributed by atoms with Crippen LogP contribution < -0.4 is 5.32 Å². The SMILES string of the molecule is CC(=O)Nc1nc(C(=O)N2CCc3cc(Br)sc3C2)cs1. The zero-order valence-corrected chi connectivity index (χ0v) is 14.4. The number of carbonyl (C=O) groups excluding carboxylic acids is 2. The van der Waals surface area contributed by atoms with Gasteiger partial charge < -0.3 is 10.2 Å². The lowest BCUT2D eigenvalue weighted by atomic mass is 10.1. The van der Waals surface area contributed by atoms with Gasteiger partial charge in [-0.2, -0.15) is 0 Å². The highest BCUT2D eigenvalue weighted by molar-refractivity contribution is 9.11. The number of nitrogens with zero attached hydrogens (tertiary/aromatic N) is 2. The maximum atomic E-state index is 12.5. The molecule has 1 aliphatic heterocycles. The molecule has 0 radical (unpaired) electrons. The third-order valence-electron chi connectivity index (χ3n) is 3.15. The van der Waals surface area contributed by atoms with Gasteiger partial charge in [0.2, 0.25) is 5.91 Å². The number of nitrogens with one attached hydrogen (secondary N) is 1. The molecule has 0 aliphatic carbocycles. The molecule has 1 N–H and O–H groups in total. The van der Waals surface area contributed by atoms with Crippen LogP contribution in [0.3, 0.4) is 0 Å². The summed E-state index contributed by atoms with van der Waals surface area (Å²) >= 11 is 6.42. The largest absolute Gasteiger partial charge is 0.332 e. The summed E-state index contributed by atoms with van der Waals surface area (Å²) in [5.41, 5.74) is 1.70. The van der Waals surface area contributed by atoms with Gasteiger partial charge in [-0.3, -0.25) is 9.59 Å². The van der Waals surface area contributed by atoms with E-state index in [1.165, 1.54) is 28.7 Å². The summed E-state index contributed by atoms with van der Waals surface area (Å²) in [6.45, 7) is 2.74. The van der Waals surface area contributed by atoms with E-state index in [0.29, 0.717) is 23.9 Å². The molecular weight excluding hydrogens is 374 g/mol. The van der Waals surface area contributed by atoms with E-state index in [1.807, 2.05) is 0 Å². The number of carbonyl (C=O) groups is 2. The van der Waals surface area contributed by atoms with Crippen molar-refractivity contribution in [2.75, 3.05) is 11.9 Å². The standard InChI is InChI=1S/C13H12BrN3O2S2/c1-7(18)15-13-16-9(6-20-13)12(19)17-3-2-8-4-11(14)21-10(8)5-17/h4,6H,2-3,5H2,1H3,(H,15,16,18). The zero-order chi connectivity index (χ0) is 15.0. The third kappa shape index (κ3) is 3.17. The number of fused-ring (bicyclic) bond motifs is 1. The lowest BCUT2D eigenvalue weighted by molar-refractivity contribution is -0.114. The molecule has 0 bridgehead atoms. The number of aromatic nitrogens is 1. The minimum atomic E-state index is -0.186. The first-order chi connectivity index (χ1) is 10.0. The van der Waals surface area contributed by atoms with Crippen LogP contribution in [0.4, 0.5) is 5.13 Å². The van der Waals surface area contributed by atoms with Crippen molar-refractivity contribution in [2.45, 2.75) is 19.9 Å². The summed E-state index contributed by atoms with van der Waals surface area (Å²) in [6, 6.07) is 2.12. The van der Waals surface area contributed by atoms with Crippen molar-refractivity contribution in [3.05, 3.63) is 31.4 Å². The predicted octanol–water partition coefficient (Wildman–Crippen LogP) is 3.12. The molecule has 3 rings (SSSR count). The summed E-state index contributed by atoms with van der Waals surface area (Å²) < 4.78 is 1.10. The number of hydrogen-bond donors (Lipinski definition) is 1. The van der Waals surface area contributed by atoms with Gasteiger partial charge in [0, 0.05) is 23.7 Å². The zero-order valence-electron chi connectivity index (χ0n) is 11.2. The Balaban J connectivity index is 1.74. The molecule has 21 heavy (non-hydrogen) atoms. The first kappa shape index (κ1) is 14.7. The lowest BCUT2D eigenvalue weighted by Gasteiger charge is -2.26. The average molecular weight is 386 g/mol. The molecule has 0 atom stereocenters. The summed E-state index contributed by atoms with van der Waals surface area (Å²) in [6.07, 6.45) is 0.867. The van der Waals surface area contributed by atoms with Crippen molar-refractivity contribution in [2.24, 2.45) is 0 Å². The van der Waals surface area contributed by atoms with Crippen LogP contribution in [0.2, 0.25) is 0 Å². The molecule has 3 heterocycles. The van der Waals surface area contributed by atoms with Crippen LogP contribution >= 0.6 is 38.6 Å². The summed E-state index contributed by atoms with van der Waals surface area (Å²) in [5.74, 6) is -0.271. The summed E-state index contributed by atoms with van der Waals surface area (Å²) in [7, 11) is 0. The number of halogens is 1. The van der Waals surface area contributed by atoms with Gasteiger partial charge in [0.1, 0.15) is 5.69 Å². The Labute approximate surface area is 138 Å². The number of rotatable bonds is 2. The van der Waals surface area contributed by atoms with E-state index < -0.39 is 0 Å². The van der Waals surface area contributed by atoms with Crippen molar-refractivity contribution >= 4 is 55.5 Å². The molecule has 1 aliphatic rings. The smallest absolute Gasteiger partial charge is 0.273 e. The molecule has 2 amide bonds. The first-order valence-electron chi connectivity index (χ1n) is 6.32. The minimum absolute atomic E-state index is 0.0852. The molecule has 5 nitrogen and oxygen atoms in total. The Kier molecular flexibility index (Phi) is 4.10. The molecule has 0 fully saturated rings. The van der Waals surface area contributed by atoms with Gasteiger partial charge in [0.25, 0.3) is 5.91 Å². The van der Waals surface area contributed by atoms with E-state index in [4.69, 9.17) is 0 Å². The second kappa shape index (κ2) is 5.86. The molecule has 0 spiro atoms. The molecule has 110 valence electrons. The van der Waals surface area contributed by atoms with Crippen LogP contribution in [0.1, 0.15) is 27.9 Å². The van der Waals surface area contributed by atoms with E-state index in [9.17, 15) is 9.59 Å². The number of thiazole rings is 1. The van der Waals surface area contributed by atoms with Gasteiger partial charge in [-0.1, -0.05) is 0 Å². The van der Waals surface area contributed by atoms with Gasteiger partial charge in [0.05, 0.1) is 10.3 Å². The van der Waals surface area contributed by atoms with Crippen molar-refractivity contribution in [3.8, 4) is 0 Å². The minimum Gasteiger partial charge on any atom is -0.332 e. The fraction of sp³-hybridized carbons (Fsp3) is 0.308. The van der Waals surface area contributed by atoms with Gasteiger partial charge in [-0.25, -0.2) is 4.98 Å². The van der Waals surface area contributed by atoms with Crippen molar-refractivity contribution in [1.29, 1.82) is 0 Å². The fourth-order valence-electron chi connectivity index (χ4n) is 2.20. The van der Waals surface area contributed by atoms with Crippen LogP contribution in [0, 0.1) is 0 Å². The Hall–Kier alpha value is -1.25. The van der Waals surface area contributed by atoms with Crippen molar-refractivity contribution in [1.82, 2.24) is 9.88 Å². The molecule has 0 unspecified atom stereocenters. The molecule has 8 heteroatoms. The highest BCUT2D eigenvalue weighted by Crippen LogP contribution is 2.32. The second-order valence-corrected chi connectivity index (χ2v) is 8.07. The van der Waals surface area contributed by atoms with E-state index in [0.717, 1.165) is 10.2 Å². The van der Waals surface area contributed by atoms with E-state index in [1.54, 1.807) is 21.6 Å². The summed E-state index contributed by atoms with van der Waals surface area (Å²) in [4.78, 5) is 30.7. The van der Waals surface area contributed by atoms with E-state index in [2.05, 4.69) is 32.3 Å². The van der Waals surface area contributed by atoms with Crippen molar-refractivity contribution in [3.63, 3.8) is 0 Å². The van der Waals surface area contributed by atoms with Crippen LogP contribution in [0.25, 0.3) is 0 Å². The number of amides is 2. The average Bonchev–Trinajstić information content (AvgIpc) is 3.01. The molecular formula is C13H12BrN3O2S2. The molecule has 2 aromatic heterocycles. The van der Waals surface area contributed by atoms with Crippen molar-refractivity contribution < 1.29 is 9.59 Å². The highest BCUT2D eigenvalue weighted by Gasteiger charge is 2.25. The third-order valence-corrected chi connectivity index (χ3v) is 5.57. The van der Waals surface area contributed by atoms with Crippen LogP contribution in [0.15, 0.2) is 15.2 Å². The van der Waals surface area contributed by atoms with Gasteiger partial charge in [0.15, 0.2) is 5.13 Å². The molecule has 0 saturated heterocycles. The Morgan fingerprint density at radius 3 is 3.05 bits per heavy atom. The number of anilines is 1. The fourth-order valence-corrected chi connectivity index (χ4v) is 4.74. The Morgan fingerprint density at radius 1 is 1.48 bits per heavy atom. The predicted molar refractivity (Wildman–Crippen MR) is 86.9 cm³/mol. The van der Waals surface area contributed by atoms with Crippen LogP contribution in [-0.4, -0.2) is 28.2 Å². The lowest BCUT2D eigenvalue weighted by Crippen LogP contribution is -2.35. The molecule has 2 aromatic rings. The summed E-state index contributed by atoms with van der Waals surface area (Å²) in [5, 5.41) is 4.74. The second-order valence-electron chi connectivity index (χ2n) is 4.69. The highest BCUT2D eigenvalue weighted by atomic mass is 79.9. The van der Waals surface area contributed by atoms with E-state index >= 15 is 0 Å². The number of thiophene rings is 1. The molecule has 0 aromatic carbocycles. The topological polar surface area (TPSA) is 62.3 Å². The Bertz CT molecular complexity index is 710. The van der Waals surface area contributed by atoms with Gasteiger partial charge in [-0.05, 0) is 34.0 Å². The van der Waals surface area contributed by atoms with Gasteiger partial charge >= 0.3 is 0 Å². The molecule has 0 saturated carbocycles. The number of hydrogen-bond acceptors (Lipinski definition) is 5. The maximum absolute atomic E-state index is 12.5. The maximum Gasteiger partial charge on any atom is 0.273 e. The quantitative estimate of drug-likeness (QED) is 0.863. The Morgan fingerprint density at radius 2 is 2.29 bits per heavy atom. The van der Waals surface area contributed by atoms with E-state index in [-0.39, 0.29) is 11.8 Å². The van der Waals surface area contributed by atoms with Crippen LogP contribution in [0.5, 0.6) is 0 Å². The van der Waals surface area contributed by atoms with Crippen LogP contribution in [-0.2, 0) is 17.8 Å². The first-order valence-corrected chi connectivity index (χ1v) is 8.81. The normalized spacial score (nSPS) is 13.9. The monoisotopic (exact) mass is 385 g/mol.